The van der Waals surface area contributed by atoms with Crippen molar-refractivity contribution in [2.75, 3.05) is 0 Å². The normalized spacial score (nSPS) is 20.5. The molecule has 0 saturated carbocycles. The second kappa shape index (κ2) is 4.96. The van der Waals surface area contributed by atoms with E-state index in [-0.39, 0.29) is 0 Å². The average Bonchev–Trinajstić information content (AvgIpc) is 2.30. The third-order valence-corrected chi connectivity index (χ3v) is 3.00. The van der Waals surface area contributed by atoms with Crippen LogP contribution in [0.3, 0.4) is 0 Å². The lowest BCUT2D eigenvalue weighted by Crippen LogP contribution is -1.96. The fraction of sp³-hybridized carbons (Fsp3) is 0.188. The summed E-state index contributed by atoms with van der Waals surface area (Å²) in [5, 5.41) is 0. The summed E-state index contributed by atoms with van der Waals surface area (Å²) in [6, 6.07) is 4.44. The quantitative estimate of drug-likeness (QED) is 0.632. The predicted octanol–water partition coefficient (Wildman–Crippen LogP) is 3.90. The molecule has 1 aliphatic rings. The van der Waals surface area contributed by atoms with E-state index in [9.17, 15) is 0 Å². The number of benzene rings is 1. The van der Waals surface area contributed by atoms with Gasteiger partial charge in [-0.2, -0.15) is 0 Å². The van der Waals surface area contributed by atoms with Crippen molar-refractivity contribution in [1.29, 1.82) is 0 Å². The Labute approximate surface area is 103 Å². The maximum atomic E-state index is 4.36. The van der Waals surface area contributed by atoms with Gasteiger partial charge in [-0.15, -0.1) is 0 Å². The second-order valence-electron chi connectivity index (χ2n) is 4.38. The van der Waals surface area contributed by atoms with Crippen molar-refractivity contribution in [3.63, 3.8) is 0 Å². The third kappa shape index (κ3) is 2.82. The molecular formula is C16H17N. The second-order valence-corrected chi connectivity index (χ2v) is 4.38. The Balaban J connectivity index is 2.50. The number of fused-ring (bicyclic) bond motifs is 1. The van der Waals surface area contributed by atoms with Gasteiger partial charge < -0.3 is 0 Å². The van der Waals surface area contributed by atoms with Crippen LogP contribution in [0.5, 0.6) is 0 Å². The van der Waals surface area contributed by atoms with E-state index in [2.05, 4.69) is 43.6 Å². The summed E-state index contributed by atoms with van der Waals surface area (Å²) in [5.41, 5.74) is 5.92. The Bertz CT molecular complexity index is 531. The van der Waals surface area contributed by atoms with Crippen LogP contribution >= 0.6 is 0 Å². The summed E-state index contributed by atoms with van der Waals surface area (Å²) in [4.78, 5) is 4.36. The largest absolute Gasteiger partial charge is 0.257 e. The third-order valence-electron chi connectivity index (χ3n) is 3.00. The molecule has 1 heterocycles. The number of hydrogen-bond donors (Lipinski definition) is 0. The summed E-state index contributed by atoms with van der Waals surface area (Å²) in [6.07, 6.45) is 11.0. The van der Waals surface area contributed by atoms with Gasteiger partial charge in [0.05, 0.1) is 5.70 Å². The Morgan fingerprint density at radius 2 is 1.88 bits per heavy atom. The summed E-state index contributed by atoms with van der Waals surface area (Å²) in [7, 11) is 0. The highest BCUT2D eigenvalue weighted by Crippen LogP contribution is 2.17. The molecule has 0 spiro atoms. The molecule has 0 saturated heterocycles. The van der Waals surface area contributed by atoms with Crippen LogP contribution in [0.2, 0.25) is 0 Å². The standard InChI is InChI=1S/C16H17N/c1-12-9-15-8-6-4-5-7-14(3)17-11-16(15)10-13(12)2/h4-7,9-11H,3,8H2,1-2H3/b6-4-,7-5-,17-11-. The van der Waals surface area contributed by atoms with Crippen LogP contribution in [-0.4, -0.2) is 6.21 Å². The van der Waals surface area contributed by atoms with Gasteiger partial charge in [0.1, 0.15) is 0 Å². The molecule has 0 N–H and O–H groups in total. The van der Waals surface area contributed by atoms with E-state index >= 15 is 0 Å². The van der Waals surface area contributed by atoms with Crippen LogP contribution < -0.4 is 0 Å². The molecule has 0 amide bonds. The van der Waals surface area contributed by atoms with Crippen LogP contribution in [0.25, 0.3) is 0 Å². The van der Waals surface area contributed by atoms with Crippen LogP contribution in [0.4, 0.5) is 0 Å². The molecular weight excluding hydrogens is 206 g/mol. The molecule has 0 unspecified atom stereocenters. The summed E-state index contributed by atoms with van der Waals surface area (Å²) < 4.78 is 0. The molecule has 0 fully saturated rings. The Kier molecular flexibility index (Phi) is 3.38. The Morgan fingerprint density at radius 3 is 2.71 bits per heavy atom. The Hall–Kier alpha value is -1.89. The molecule has 0 bridgehead atoms. The average molecular weight is 223 g/mol. The zero-order valence-electron chi connectivity index (χ0n) is 10.4. The van der Waals surface area contributed by atoms with Crippen LogP contribution in [0, 0.1) is 13.8 Å². The van der Waals surface area contributed by atoms with Crippen molar-refractivity contribution >= 4 is 6.21 Å². The molecule has 1 aromatic carbocycles. The smallest absolute Gasteiger partial charge is 0.0558 e. The van der Waals surface area contributed by atoms with Gasteiger partial charge >= 0.3 is 0 Å². The van der Waals surface area contributed by atoms with Crippen molar-refractivity contribution in [2.24, 2.45) is 4.99 Å². The van der Waals surface area contributed by atoms with Crippen molar-refractivity contribution in [2.45, 2.75) is 20.3 Å². The molecule has 0 aliphatic carbocycles. The highest BCUT2D eigenvalue weighted by Gasteiger charge is 2.03. The van der Waals surface area contributed by atoms with Gasteiger partial charge in [0.15, 0.2) is 0 Å². The summed E-state index contributed by atoms with van der Waals surface area (Å²) in [6.45, 7) is 8.16. The molecule has 0 atom stereocenters. The van der Waals surface area contributed by atoms with Crippen molar-refractivity contribution in [1.82, 2.24) is 0 Å². The van der Waals surface area contributed by atoms with E-state index in [0.29, 0.717) is 0 Å². The molecule has 0 radical (unpaired) electrons. The van der Waals surface area contributed by atoms with Gasteiger partial charge in [-0.25, -0.2) is 0 Å². The lowest BCUT2D eigenvalue weighted by atomic mass is 9.98. The van der Waals surface area contributed by atoms with Crippen LogP contribution in [-0.2, 0) is 6.42 Å². The molecule has 2 rings (SSSR count). The van der Waals surface area contributed by atoms with Crippen LogP contribution in [0.15, 0.2) is 53.7 Å². The minimum absolute atomic E-state index is 0.778. The number of rotatable bonds is 0. The highest BCUT2D eigenvalue weighted by atomic mass is 14.7. The fourth-order valence-corrected chi connectivity index (χ4v) is 1.83. The summed E-state index contributed by atoms with van der Waals surface area (Å²) >= 11 is 0. The lowest BCUT2D eigenvalue weighted by molar-refractivity contribution is 1.21. The van der Waals surface area contributed by atoms with Crippen molar-refractivity contribution in [3.8, 4) is 0 Å². The number of aryl methyl sites for hydroxylation is 2. The lowest BCUT2D eigenvalue weighted by Gasteiger charge is -2.08. The molecule has 1 aromatic rings. The summed E-state index contributed by atoms with van der Waals surface area (Å²) in [5.74, 6) is 0. The van der Waals surface area contributed by atoms with Gasteiger partial charge in [0.25, 0.3) is 0 Å². The van der Waals surface area contributed by atoms with Gasteiger partial charge in [0, 0.05) is 6.21 Å². The number of aliphatic imine (C=N–C) groups is 1. The minimum Gasteiger partial charge on any atom is -0.257 e. The van der Waals surface area contributed by atoms with Crippen molar-refractivity contribution < 1.29 is 0 Å². The first-order valence-corrected chi connectivity index (χ1v) is 5.83. The number of allylic oxidation sites excluding steroid dienone is 4. The Morgan fingerprint density at radius 1 is 1.12 bits per heavy atom. The molecule has 86 valence electrons. The minimum atomic E-state index is 0.778. The first-order valence-electron chi connectivity index (χ1n) is 5.83. The topological polar surface area (TPSA) is 12.4 Å². The maximum Gasteiger partial charge on any atom is 0.0558 e. The molecule has 1 nitrogen and oxygen atoms in total. The van der Waals surface area contributed by atoms with Crippen LogP contribution in [0.1, 0.15) is 22.3 Å². The highest BCUT2D eigenvalue weighted by molar-refractivity contribution is 5.83. The van der Waals surface area contributed by atoms with E-state index < -0.39 is 0 Å². The predicted molar refractivity (Wildman–Crippen MR) is 74.6 cm³/mol. The molecule has 0 aromatic heterocycles. The van der Waals surface area contributed by atoms with Gasteiger partial charge in [-0.3, -0.25) is 4.99 Å². The monoisotopic (exact) mass is 223 g/mol. The van der Waals surface area contributed by atoms with Gasteiger partial charge in [-0.05, 0) is 54.7 Å². The first kappa shape index (κ1) is 11.6. The molecule has 1 heteroatoms. The van der Waals surface area contributed by atoms with E-state index in [4.69, 9.17) is 0 Å². The van der Waals surface area contributed by atoms with E-state index in [1.165, 1.54) is 22.3 Å². The zero-order chi connectivity index (χ0) is 12.3. The maximum absolute atomic E-state index is 4.36. The van der Waals surface area contributed by atoms with E-state index in [0.717, 1.165) is 12.1 Å². The van der Waals surface area contributed by atoms with Crippen molar-refractivity contribution in [3.05, 3.63) is 71.0 Å². The van der Waals surface area contributed by atoms with E-state index in [1.807, 2.05) is 24.4 Å². The van der Waals surface area contributed by atoms with Gasteiger partial charge in [0.2, 0.25) is 0 Å². The molecule has 1 aliphatic heterocycles. The zero-order valence-corrected chi connectivity index (χ0v) is 10.4. The fourth-order valence-electron chi connectivity index (χ4n) is 1.83. The van der Waals surface area contributed by atoms with E-state index in [1.54, 1.807) is 0 Å². The first-order chi connectivity index (χ1) is 8.16. The molecule has 17 heavy (non-hydrogen) atoms. The van der Waals surface area contributed by atoms with Gasteiger partial charge in [-0.1, -0.05) is 30.9 Å². The number of hydrogen-bond acceptors (Lipinski definition) is 1. The SMILES string of the molecule is C=C1/C=C\C=C/Cc2cc(C)c(C)cc2/C=N\1. The number of nitrogens with zero attached hydrogens (tertiary/aromatic N) is 1.